The van der Waals surface area contributed by atoms with Gasteiger partial charge in [0.1, 0.15) is 12.3 Å². The normalized spacial score (nSPS) is 18.7. The van der Waals surface area contributed by atoms with Crippen molar-refractivity contribution >= 4 is 60.6 Å². The van der Waals surface area contributed by atoms with Gasteiger partial charge in [-0.3, -0.25) is 23.5 Å². The Kier molecular flexibility index (Phi) is 12.1. The van der Waals surface area contributed by atoms with Crippen LogP contribution in [0.2, 0.25) is 0 Å². The number of hydrogen-bond donors (Lipinski definition) is 4. The van der Waals surface area contributed by atoms with Crippen molar-refractivity contribution in [2.75, 3.05) is 29.5 Å². The zero-order chi connectivity index (χ0) is 42.4. The molecular weight excluding hydrogens is 777 g/mol. The molecule has 2 aromatic rings. The maximum absolute atomic E-state index is 14.1. The van der Waals surface area contributed by atoms with Gasteiger partial charge in [-0.15, -0.1) is 0 Å². The van der Waals surface area contributed by atoms with Gasteiger partial charge in [0, 0.05) is 71.4 Å². The number of nitrogens with zero attached hydrogens (tertiary/aromatic N) is 2. The van der Waals surface area contributed by atoms with Crippen molar-refractivity contribution < 1.29 is 59.9 Å². The Morgan fingerprint density at radius 1 is 0.825 bits per heavy atom. The number of carboxylic acid groups (broad SMARTS) is 1. The minimum Gasteiger partial charge on any atom is -0.506 e. The number of benzene rings is 2. The average molecular weight is 826 g/mol. The number of hydrogen-bond acceptors (Lipinski definition) is 10. The van der Waals surface area contributed by atoms with E-state index in [0.717, 1.165) is 0 Å². The van der Waals surface area contributed by atoms with Gasteiger partial charge in [0.25, 0.3) is 20.2 Å². The fraction of sp³-hybridized carbons (Fsp3) is 0.439. The molecule has 4 N–H and O–H groups in total. The van der Waals surface area contributed by atoms with Gasteiger partial charge in [-0.1, -0.05) is 27.7 Å². The van der Waals surface area contributed by atoms with Crippen LogP contribution in [0.3, 0.4) is 0 Å². The van der Waals surface area contributed by atoms with Crippen molar-refractivity contribution in [3.63, 3.8) is 0 Å². The molecule has 2 aromatic carbocycles. The van der Waals surface area contributed by atoms with E-state index in [0.29, 0.717) is 57.9 Å². The van der Waals surface area contributed by atoms with Crippen molar-refractivity contribution in [2.45, 2.75) is 90.9 Å². The van der Waals surface area contributed by atoms with Crippen LogP contribution in [0.1, 0.15) is 122 Å². The van der Waals surface area contributed by atoms with E-state index in [4.69, 9.17) is 0 Å². The lowest BCUT2D eigenvalue weighted by Crippen LogP contribution is -2.32. The van der Waals surface area contributed by atoms with Gasteiger partial charge in [0.2, 0.25) is 11.5 Å². The van der Waals surface area contributed by atoms with Crippen molar-refractivity contribution in [3.8, 4) is 0 Å². The highest BCUT2D eigenvalue weighted by molar-refractivity contribution is 7.86. The first-order valence-electron chi connectivity index (χ1n) is 18.8. The number of carboxylic acids is 1. The quantitative estimate of drug-likeness (QED) is 0.0597. The molecule has 3 aliphatic rings. The van der Waals surface area contributed by atoms with E-state index in [9.17, 15) is 55.3 Å². The number of allylic oxidation sites excluding steroid dienone is 5. The summed E-state index contributed by atoms with van der Waals surface area (Å²) in [7, 11) is -8.64. The Bertz CT molecular complexity index is 2430. The van der Waals surface area contributed by atoms with Crippen LogP contribution in [-0.2, 0) is 35.9 Å². The third-order valence-corrected chi connectivity index (χ3v) is 12.4. The number of ketones is 3. The van der Waals surface area contributed by atoms with Crippen molar-refractivity contribution in [1.82, 2.24) is 0 Å². The first-order chi connectivity index (χ1) is 26.4. The SMILES string of the molecule is CCCC(=O)c1cc(C(=O)CCC)c2c(c1)N(CCCS(=O)(=O)O)C(=CC1=C(O)C(=CC3=[N+](CCCS(=O)(=O)O)c4ccc(C(=O)O)cc4C3(C)C)C1=O)C2(C)C. The number of aliphatic hydroxyl groups is 1. The van der Waals surface area contributed by atoms with E-state index >= 15 is 0 Å². The molecule has 0 spiro atoms. The van der Waals surface area contributed by atoms with Crippen LogP contribution in [0.15, 0.2) is 65.1 Å². The highest BCUT2D eigenvalue weighted by Crippen LogP contribution is 2.52. The first-order valence-corrected chi connectivity index (χ1v) is 22.0. The first kappa shape index (κ1) is 43.4. The van der Waals surface area contributed by atoms with Gasteiger partial charge in [-0.2, -0.15) is 21.4 Å². The van der Waals surface area contributed by atoms with Gasteiger partial charge in [-0.05, 0) is 69.0 Å². The molecule has 0 unspecified atom stereocenters. The van der Waals surface area contributed by atoms with E-state index in [1.54, 1.807) is 41.5 Å². The molecule has 0 aromatic heterocycles. The summed E-state index contributed by atoms with van der Waals surface area (Å²) in [6.07, 6.45) is 4.48. The number of Topliss-reactive ketones (excluding diaryl/α,β-unsaturated/α-hetero) is 3. The molecule has 2 aliphatic heterocycles. The Morgan fingerprint density at radius 2 is 1.44 bits per heavy atom. The van der Waals surface area contributed by atoms with Crippen LogP contribution in [0.4, 0.5) is 11.4 Å². The molecule has 306 valence electrons. The lowest BCUT2D eigenvalue weighted by Gasteiger charge is -2.29. The van der Waals surface area contributed by atoms with Crippen LogP contribution < -0.4 is 4.90 Å². The summed E-state index contributed by atoms with van der Waals surface area (Å²) in [6.45, 7) is 11.1. The summed E-state index contributed by atoms with van der Waals surface area (Å²) in [5.74, 6) is -3.54. The third-order valence-electron chi connectivity index (χ3n) is 10.8. The summed E-state index contributed by atoms with van der Waals surface area (Å²) >= 11 is 0. The van der Waals surface area contributed by atoms with Crippen LogP contribution in [0.25, 0.3) is 0 Å². The van der Waals surface area contributed by atoms with E-state index < -0.39 is 54.3 Å². The number of aliphatic hydroxyl groups excluding tert-OH is 1. The number of carbonyl (C=O) groups excluding carboxylic acids is 3. The van der Waals surface area contributed by atoms with Gasteiger partial charge in [0.05, 0.1) is 33.6 Å². The topological polar surface area (TPSA) is 224 Å². The van der Waals surface area contributed by atoms with Crippen molar-refractivity contribution in [1.29, 1.82) is 0 Å². The molecular formula is C41H49N2O12S2+. The van der Waals surface area contributed by atoms with Gasteiger partial charge in [-0.25, -0.2) is 4.79 Å². The van der Waals surface area contributed by atoms with E-state index in [2.05, 4.69) is 0 Å². The molecule has 0 saturated carbocycles. The highest BCUT2D eigenvalue weighted by atomic mass is 32.2. The van der Waals surface area contributed by atoms with Crippen molar-refractivity contribution in [3.05, 3.63) is 92.9 Å². The number of fused-ring (bicyclic) bond motifs is 2. The molecule has 0 atom stereocenters. The van der Waals surface area contributed by atoms with E-state index in [1.807, 2.05) is 27.7 Å². The predicted octanol–water partition coefficient (Wildman–Crippen LogP) is 6.29. The minimum atomic E-state index is -4.35. The Morgan fingerprint density at radius 3 is 2.02 bits per heavy atom. The third kappa shape index (κ3) is 8.59. The molecule has 0 fully saturated rings. The molecule has 16 heteroatoms. The van der Waals surface area contributed by atoms with Gasteiger partial charge >= 0.3 is 5.97 Å². The molecule has 0 bridgehead atoms. The minimum absolute atomic E-state index is 0.00755. The molecule has 14 nitrogen and oxygen atoms in total. The molecule has 0 saturated heterocycles. The molecule has 0 radical (unpaired) electrons. The molecule has 5 rings (SSSR count). The second kappa shape index (κ2) is 15.9. The van der Waals surface area contributed by atoms with Crippen LogP contribution in [0, 0.1) is 0 Å². The van der Waals surface area contributed by atoms with Gasteiger partial charge < -0.3 is 15.1 Å². The fourth-order valence-corrected chi connectivity index (χ4v) is 9.00. The van der Waals surface area contributed by atoms with Crippen LogP contribution >= 0.6 is 0 Å². The maximum atomic E-state index is 14.1. The monoisotopic (exact) mass is 825 g/mol. The zero-order valence-corrected chi connectivity index (χ0v) is 34.5. The highest BCUT2D eigenvalue weighted by Gasteiger charge is 2.48. The van der Waals surface area contributed by atoms with Crippen LogP contribution in [0.5, 0.6) is 0 Å². The van der Waals surface area contributed by atoms with Gasteiger partial charge in [0.15, 0.2) is 17.3 Å². The fourth-order valence-electron chi connectivity index (χ4n) is 8.01. The lowest BCUT2D eigenvalue weighted by atomic mass is 9.76. The Balaban J connectivity index is 1.66. The summed E-state index contributed by atoms with van der Waals surface area (Å²) in [5.41, 5.74) is 1.76. The second-order valence-electron chi connectivity index (χ2n) is 15.7. The lowest BCUT2D eigenvalue weighted by molar-refractivity contribution is -0.437. The largest absolute Gasteiger partial charge is 0.506 e. The Hall–Kier alpha value is -4.77. The molecule has 1 aliphatic carbocycles. The second-order valence-corrected chi connectivity index (χ2v) is 18.8. The molecule has 0 amide bonds. The zero-order valence-electron chi connectivity index (χ0n) is 32.9. The molecule has 2 heterocycles. The summed E-state index contributed by atoms with van der Waals surface area (Å²) < 4.78 is 67.3. The summed E-state index contributed by atoms with van der Waals surface area (Å²) in [6, 6.07) is 7.76. The number of rotatable bonds is 17. The Labute approximate surface area is 332 Å². The number of anilines is 1. The van der Waals surface area contributed by atoms with E-state index in [-0.39, 0.29) is 72.8 Å². The number of aromatic carboxylic acids is 1. The average Bonchev–Trinajstić information content (AvgIpc) is 3.45. The number of carbonyl (C=O) groups is 4. The van der Waals surface area contributed by atoms with Crippen LogP contribution in [-0.4, -0.2) is 94.4 Å². The summed E-state index contributed by atoms with van der Waals surface area (Å²) in [5, 5.41) is 21.3. The predicted molar refractivity (Wildman–Crippen MR) is 214 cm³/mol. The smallest absolute Gasteiger partial charge is 0.335 e. The molecule has 57 heavy (non-hydrogen) atoms. The maximum Gasteiger partial charge on any atom is 0.335 e. The van der Waals surface area contributed by atoms with E-state index in [1.165, 1.54) is 24.3 Å². The summed E-state index contributed by atoms with van der Waals surface area (Å²) in [4.78, 5) is 54.5. The van der Waals surface area contributed by atoms with Crippen molar-refractivity contribution in [2.24, 2.45) is 0 Å². The standard InChI is InChI=1S/C41H48N2O12S2/c1-7-11-32(44)25-19-26(33(45)12-8-2)36-31(21-25)43(16-10-18-57(53,54)55)35(41(36,5)6)23-28-37(46)27(38(28)47)22-34-40(3,4)29-20-24(39(48)49)13-14-30(29)42(34)15-9-17-56(50,51)52/h13-14,19-23H,7-12,15-18H2,1-6H3,(H3-,46,47,48,49,50,51,52,53,54,55)/p+1.